The lowest BCUT2D eigenvalue weighted by atomic mass is 10.1. The average molecular weight is 161 g/mol. The van der Waals surface area contributed by atoms with Crippen molar-refractivity contribution in [3.63, 3.8) is 0 Å². The molecule has 1 aromatic rings. The molecule has 1 N–H and O–H groups in total. The van der Waals surface area contributed by atoms with Crippen LogP contribution in [0.4, 0.5) is 0 Å². The van der Waals surface area contributed by atoms with Crippen LogP contribution in [0.1, 0.15) is 11.1 Å². The maximum atomic E-state index is 9.04. The molecule has 0 aromatic heterocycles. The molecule has 2 heteroatoms. The van der Waals surface area contributed by atoms with E-state index in [1.807, 2.05) is 31.2 Å². The highest BCUT2D eigenvalue weighted by atomic mass is 16.3. The van der Waals surface area contributed by atoms with Crippen molar-refractivity contribution < 1.29 is 5.11 Å². The number of aliphatic hydroxyl groups is 1. The van der Waals surface area contributed by atoms with Gasteiger partial charge in [-0.05, 0) is 12.5 Å². The van der Waals surface area contributed by atoms with E-state index in [0.29, 0.717) is 6.42 Å². The smallest absolute Gasteiger partial charge is 0.144 e. The molecule has 0 saturated heterocycles. The van der Waals surface area contributed by atoms with Crippen molar-refractivity contribution in [3.05, 3.63) is 35.4 Å². The van der Waals surface area contributed by atoms with Gasteiger partial charge in [-0.3, -0.25) is 0 Å². The highest BCUT2D eigenvalue weighted by Gasteiger charge is 2.02. The van der Waals surface area contributed by atoms with Crippen LogP contribution in [-0.2, 0) is 6.42 Å². The Kier molecular flexibility index (Phi) is 2.84. The summed E-state index contributed by atoms with van der Waals surface area (Å²) < 4.78 is 0. The molecule has 0 amide bonds. The van der Waals surface area contributed by atoms with E-state index in [-0.39, 0.29) is 0 Å². The van der Waals surface area contributed by atoms with Crippen molar-refractivity contribution in [1.29, 1.82) is 5.26 Å². The Bertz CT molecular complexity index is 301. The first-order valence-electron chi connectivity index (χ1n) is 3.85. The fourth-order valence-electron chi connectivity index (χ4n) is 1.11. The molecule has 2 nitrogen and oxygen atoms in total. The maximum absolute atomic E-state index is 9.04. The Balaban J connectivity index is 2.71. The molecule has 1 aromatic carbocycles. The molecule has 0 saturated carbocycles. The summed E-state index contributed by atoms with van der Waals surface area (Å²) in [6.45, 7) is 1.99. The molecule has 0 unspecified atom stereocenters. The second kappa shape index (κ2) is 3.89. The van der Waals surface area contributed by atoms with Gasteiger partial charge < -0.3 is 5.11 Å². The number of nitrogens with zero attached hydrogens (tertiary/aromatic N) is 1. The average Bonchev–Trinajstić information content (AvgIpc) is 2.04. The van der Waals surface area contributed by atoms with Crippen LogP contribution in [-0.4, -0.2) is 11.2 Å². The summed E-state index contributed by atoms with van der Waals surface area (Å²) in [5.41, 5.74) is 2.15. The van der Waals surface area contributed by atoms with Gasteiger partial charge in [0, 0.05) is 6.42 Å². The van der Waals surface area contributed by atoms with Gasteiger partial charge in [0.15, 0.2) is 0 Å². The fraction of sp³-hybridized carbons (Fsp3) is 0.300. The number of hydrogen-bond acceptors (Lipinski definition) is 2. The number of rotatable bonds is 2. The van der Waals surface area contributed by atoms with Gasteiger partial charge in [-0.25, -0.2) is 0 Å². The third kappa shape index (κ3) is 2.37. The van der Waals surface area contributed by atoms with Crippen molar-refractivity contribution >= 4 is 0 Å². The summed E-state index contributed by atoms with van der Waals surface area (Å²) in [5, 5.41) is 17.4. The van der Waals surface area contributed by atoms with Crippen LogP contribution in [0.15, 0.2) is 24.3 Å². The van der Waals surface area contributed by atoms with E-state index in [1.54, 1.807) is 6.07 Å². The number of hydrogen-bond donors (Lipinski definition) is 1. The Labute approximate surface area is 72.1 Å². The molecule has 62 valence electrons. The molecule has 0 fully saturated rings. The third-order valence-corrected chi connectivity index (χ3v) is 1.66. The van der Waals surface area contributed by atoms with Gasteiger partial charge in [-0.1, -0.05) is 29.8 Å². The number of benzene rings is 1. The number of aliphatic hydroxyl groups excluding tert-OH is 1. The SMILES string of the molecule is Cc1cccc(C[C@@H](O)C#N)c1. The Morgan fingerprint density at radius 1 is 1.58 bits per heavy atom. The minimum absolute atomic E-state index is 0.415. The van der Waals surface area contributed by atoms with Crippen LogP contribution in [0, 0.1) is 18.3 Å². The maximum Gasteiger partial charge on any atom is 0.144 e. The van der Waals surface area contributed by atoms with Crippen LogP contribution in [0.25, 0.3) is 0 Å². The largest absolute Gasteiger partial charge is 0.378 e. The third-order valence-electron chi connectivity index (χ3n) is 1.66. The lowest BCUT2D eigenvalue weighted by Gasteiger charge is -2.02. The molecule has 1 rings (SSSR count). The fourth-order valence-corrected chi connectivity index (χ4v) is 1.11. The Hall–Kier alpha value is -1.33. The summed E-state index contributed by atoms with van der Waals surface area (Å²) in [6, 6.07) is 9.59. The number of nitriles is 1. The molecule has 0 spiro atoms. The van der Waals surface area contributed by atoms with Crippen LogP contribution in [0.3, 0.4) is 0 Å². The van der Waals surface area contributed by atoms with Crippen molar-refractivity contribution in [3.8, 4) is 6.07 Å². The Morgan fingerprint density at radius 3 is 2.92 bits per heavy atom. The summed E-state index contributed by atoms with van der Waals surface area (Å²) in [7, 11) is 0. The minimum atomic E-state index is -0.883. The van der Waals surface area contributed by atoms with E-state index >= 15 is 0 Å². The van der Waals surface area contributed by atoms with Crippen molar-refractivity contribution in [2.75, 3.05) is 0 Å². The highest BCUT2D eigenvalue weighted by Crippen LogP contribution is 2.06. The normalized spacial score (nSPS) is 12.1. The van der Waals surface area contributed by atoms with Crippen molar-refractivity contribution in [2.45, 2.75) is 19.4 Å². The molecule has 0 radical (unpaired) electrons. The zero-order valence-electron chi connectivity index (χ0n) is 6.99. The lowest BCUT2D eigenvalue weighted by molar-refractivity contribution is 0.231. The summed E-state index contributed by atoms with van der Waals surface area (Å²) in [5.74, 6) is 0. The van der Waals surface area contributed by atoms with Crippen molar-refractivity contribution in [2.24, 2.45) is 0 Å². The van der Waals surface area contributed by atoms with Gasteiger partial charge in [0.05, 0.1) is 6.07 Å². The van der Waals surface area contributed by atoms with E-state index in [1.165, 1.54) is 0 Å². The first kappa shape index (κ1) is 8.76. The molecular formula is C10H11NO. The molecule has 0 aliphatic heterocycles. The minimum Gasteiger partial charge on any atom is -0.378 e. The van der Waals surface area contributed by atoms with Gasteiger partial charge in [-0.2, -0.15) is 5.26 Å². The highest BCUT2D eigenvalue weighted by molar-refractivity contribution is 5.23. The molecule has 0 bridgehead atoms. The standard InChI is InChI=1S/C10H11NO/c1-8-3-2-4-9(5-8)6-10(12)7-11/h2-5,10,12H,6H2,1H3/t10-/m1/s1. The predicted molar refractivity (Wildman–Crippen MR) is 46.5 cm³/mol. The number of aryl methyl sites for hydroxylation is 1. The van der Waals surface area contributed by atoms with Gasteiger partial charge >= 0.3 is 0 Å². The van der Waals surface area contributed by atoms with Crippen molar-refractivity contribution in [1.82, 2.24) is 0 Å². The molecule has 0 aliphatic rings. The predicted octanol–water partition coefficient (Wildman–Crippen LogP) is 1.42. The van der Waals surface area contributed by atoms with Crippen LogP contribution in [0.5, 0.6) is 0 Å². The van der Waals surface area contributed by atoms with Gasteiger partial charge in [0.25, 0.3) is 0 Å². The van der Waals surface area contributed by atoms with Crippen LogP contribution >= 0.6 is 0 Å². The summed E-state index contributed by atoms with van der Waals surface area (Å²) in [6.07, 6.45) is -0.468. The quantitative estimate of drug-likeness (QED) is 0.667. The van der Waals surface area contributed by atoms with Gasteiger partial charge in [0.2, 0.25) is 0 Å². The molecule has 12 heavy (non-hydrogen) atoms. The first-order valence-corrected chi connectivity index (χ1v) is 3.85. The summed E-state index contributed by atoms with van der Waals surface area (Å²) in [4.78, 5) is 0. The van der Waals surface area contributed by atoms with E-state index in [2.05, 4.69) is 0 Å². The van der Waals surface area contributed by atoms with Gasteiger partial charge in [-0.15, -0.1) is 0 Å². The van der Waals surface area contributed by atoms with E-state index < -0.39 is 6.10 Å². The van der Waals surface area contributed by atoms with E-state index in [0.717, 1.165) is 11.1 Å². The zero-order chi connectivity index (χ0) is 8.97. The molecular weight excluding hydrogens is 150 g/mol. The van der Waals surface area contributed by atoms with E-state index in [9.17, 15) is 0 Å². The van der Waals surface area contributed by atoms with Gasteiger partial charge in [0.1, 0.15) is 6.10 Å². The summed E-state index contributed by atoms with van der Waals surface area (Å²) >= 11 is 0. The Morgan fingerprint density at radius 2 is 2.33 bits per heavy atom. The zero-order valence-corrected chi connectivity index (χ0v) is 6.99. The molecule has 0 heterocycles. The first-order chi connectivity index (χ1) is 5.72. The van der Waals surface area contributed by atoms with Crippen LogP contribution in [0.2, 0.25) is 0 Å². The second-order valence-corrected chi connectivity index (χ2v) is 2.84. The topological polar surface area (TPSA) is 44.0 Å². The lowest BCUT2D eigenvalue weighted by Crippen LogP contribution is -2.06. The molecule has 0 aliphatic carbocycles. The molecule has 1 atom stereocenters. The second-order valence-electron chi connectivity index (χ2n) is 2.84. The monoisotopic (exact) mass is 161 g/mol. The van der Waals surface area contributed by atoms with E-state index in [4.69, 9.17) is 10.4 Å². The van der Waals surface area contributed by atoms with Crippen LogP contribution < -0.4 is 0 Å².